The molecule has 0 heterocycles. The summed E-state index contributed by atoms with van der Waals surface area (Å²) in [7, 11) is 3.34. The maximum absolute atomic E-state index is 12.1. The number of phosphoric ester groups is 1. The maximum Gasteiger partial charge on any atom is 0.472 e. The van der Waals surface area contributed by atoms with E-state index in [2.05, 4.69) is 6.92 Å². The van der Waals surface area contributed by atoms with Crippen LogP contribution < -0.4 is 0 Å². The minimum atomic E-state index is -4.14. The lowest BCUT2D eigenvalue weighted by molar-refractivity contribution is -0.870. The molecule has 0 aliphatic rings. The molecule has 0 fully saturated rings. The van der Waals surface area contributed by atoms with E-state index in [4.69, 9.17) is 13.8 Å². The van der Waals surface area contributed by atoms with Gasteiger partial charge in [0.1, 0.15) is 18.6 Å². The van der Waals surface area contributed by atoms with E-state index in [-0.39, 0.29) is 25.7 Å². The second-order valence-electron chi connectivity index (χ2n) is 10.7. The van der Waals surface area contributed by atoms with Gasteiger partial charge in [-0.05, 0) is 12.2 Å². The summed E-state index contributed by atoms with van der Waals surface area (Å²) >= 11 is 1.46. The zero-order chi connectivity index (χ0) is 26.4. The normalized spacial score (nSPS) is 15.7. The van der Waals surface area contributed by atoms with E-state index in [0.717, 1.165) is 12.2 Å². The number of thioether (sulfide) groups is 1. The van der Waals surface area contributed by atoms with Crippen LogP contribution in [-0.2, 0) is 18.3 Å². The van der Waals surface area contributed by atoms with Gasteiger partial charge in [-0.3, -0.25) is 9.05 Å². The first kappa shape index (κ1) is 35.3. The molecule has 0 saturated heterocycles. The van der Waals surface area contributed by atoms with Gasteiger partial charge in [-0.25, -0.2) is 4.57 Å². The van der Waals surface area contributed by atoms with Crippen molar-refractivity contribution >= 4 is 19.6 Å². The molecule has 0 aromatic carbocycles. The van der Waals surface area contributed by atoms with Crippen LogP contribution in [0.5, 0.6) is 0 Å². The first-order chi connectivity index (χ1) is 16.6. The number of hydrogen-bond donors (Lipinski definition) is 2. The summed E-state index contributed by atoms with van der Waals surface area (Å²) in [6.45, 7) is 3.16. The fourth-order valence-electron chi connectivity index (χ4n) is 3.72. The van der Waals surface area contributed by atoms with E-state index in [9.17, 15) is 14.6 Å². The maximum atomic E-state index is 12.1. The van der Waals surface area contributed by atoms with Crippen LogP contribution in [0.15, 0.2) is 0 Å². The highest BCUT2D eigenvalue weighted by atomic mass is 32.2. The summed E-state index contributed by atoms with van der Waals surface area (Å²) in [5.41, 5.74) is -0.705. The summed E-state index contributed by atoms with van der Waals surface area (Å²) in [5, 5.41) is 10.5. The lowest BCUT2D eigenvalue weighted by Crippen LogP contribution is -2.37. The first-order valence-electron chi connectivity index (χ1n) is 13.8. The number of likely N-dealkylation sites (N-methyl/N-ethyl adjacent to an activating group) is 1. The number of methoxy groups -OCH3 is 1. The highest BCUT2D eigenvalue weighted by Gasteiger charge is 2.27. The van der Waals surface area contributed by atoms with Crippen LogP contribution in [0.2, 0.25) is 0 Å². The summed E-state index contributed by atoms with van der Waals surface area (Å²) < 4.78 is 28.1. The Balaban J connectivity index is 3.81. The van der Waals surface area contributed by atoms with E-state index in [1.165, 1.54) is 95.2 Å². The number of aliphatic hydroxyl groups excluding tert-OH is 1. The van der Waals surface area contributed by atoms with Crippen LogP contribution in [0.1, 0.15) is 96.8 Å². The molecule has 0 aromatic heterocycles. The van der Waals surface area contributed by atoms with Gasteiger partial charge in [0, 0.05) is 13.0 Å². The van der Waals surface area contributed by atoms with Gasteiger partial charge in [-0.2, -0.15) is 0 Å². The fraction of sp³-hybridized carbons (Fsp3) is 1.00. The second kappa shape index (κ2) is 22.3. The van der Waals surface area contributed by atoms with Crippen molar-refractivity contribution in [1.29, 1.82) is 0 Å². The van der Waals surface area contributed by atoms with E-state index in [1.54, 1.807) is 7.11 Å². The molecule has 2 N–H and O–H groups in total. The molecule has 3 unspecified atom stereocenters. The predicted molar refractivity (Wildman–Crippen MR) is 149 cm³/mol. The number of phosphoric acid groups is 1. The highest BCUT2D eigenvalue weighted by Crippen LogP contribution is 2.44. The van der Waals surface area contributed by atoms with Gasteiger partial charge in [0.15, 0.2) is 0 Å². The van der Waals surface area contributed by atoms with Gasteiger partial charge in [-0.15, -0.1) is 11.8 Å². The molecule has 0 aliphatic carbocycles. The third kappa shape index (κ3) is 24.4. The third-order valence-corrected chi connectivity index (χ3v) is 8.27. The minimum Gasteiger partial charge on any atom is -0.384 e. The number of hydrogen-bond acceptors (Lipinski definition) is 6. The Labute approximate surface area is 220 Å². The van der Waals surface area contributed by atoms with Crippen LogP contribution in [0.3, 0.4) is 0 Å². The average Bonchev–Trinajstić information content (AvgIpc) is 2.78. The molecule has 7 nitrogen and oxygen atoms in total. The van der Waals surface area contributed by atoms with Crippen LogP contribution >= 0.6 is 19.6 Å². The Morgan fingerprint density at radius 2 is 1.29 bits per heavy atom. The number of aliphatic hydroxyl groups is 1. The second-order valence-corrected chi connectivity index (χ2v) is 13.4. The number of quaternary nitrogens is 1. The monoisotopic (exact) mass is 542 g/mol. The highest BCUT2D eigenvalue weighted by molar-refractivity contribution is 7.99. The molecule has 0 aliphatic heterocycles. The zero-order valence-electron chi connectivity index (χ0n) is 23.4. The molecule has 0 saturated carbocycles. The van der Waals surface area contributed by atoms with E-state index in [1.807, 2.05) is 21.1 Å². The fourth-order valence-corrected chi connectivity index (χ4v) is 5.53. The van der Waals surface area contributed by atoms with Gasteiger partial charge in [0.25, 0.3) is 0 Å². The number of unbranched alkanes of at least 4 members (excludes halogenated alkanes) is 13. The lowest BCUT2D eigenvalue weighted by Gasteiger charge is -2.25. The van der Waals surface area contributed by atoms with E-state index in [0.29, 0.717) is 11.0 Å². The van der Waals surface area contributed by atoms with Gasteiger partial charge >= 0.3 is 7.82 Å². The lowest BCUT2D eigenvalue weighted by atomic mass is 10.0. The van der Waals surface area contributed by atoms with Crippen molar-refractivity contribution in [3.63, 3.8) is 0 Å². The summed E-state index contributed by atoms with van der Waals surface area (Å²) in [5.74, 6) is 0.468. The number of nitrogens with zero attached hydrogens (tertiary/aromatic N) is 1. The van der Waals surface area contributed by atoms with E-state index >= 15 is 0 Å². The molecule has 212 valence electrons. The quantitative estimate of drug-likeness (QED) is 0.0550. The topological polar surface area (TPSA) is 85.2 Å². The predicted octanol–water partition coefficient (Wildman–Crippen LogP) is 6.62. The zero-order valence-corrected chi connectivity index (χ0v) is 25.1. The summed E-state index contributed by atoms with van der Waals surface area (Å²) in [4.78, 5) is 9.90. The first-order valence-corrected chi connectivity index (χ1v) is 16.4. The number of rotatable bonds is 26. The molecule has 0 spiro atoms. The smallest absolute Gasteiger partial charge is 0.384 e. The molecule has 0 amide bonds. The molecule has 35 heavy (non-hydrogen) atoms. The molecule has 0 rings (SSSR count). The Bertz CT molecular complexity index is 521. The molecular weight excluding hydrogens is 485 g/mol. The standard InChI is InChI=1S/C26H56NO6PS/c1-6-7-8-9-10-11-12-13-14-15-16-17-18-19-22-35-26(28)25(23-31-5)24-33-34(29,30)32-21-20-27(2,3)4/h25-26,28H,6-24H2,1-5H3/p+1. The van der Waals surface area contributed by atoms with Crippen LogP contribution in [0.4, 0.5) is 0 Å². The van der Waals surface area contributed by atoms with Gasteiger partial charge in [-0.1, -0.05) is 90.4 Å². The van der Waals surface area contributed by atoms with Crippen molar-refractivity contribution in [1.82, 2.24) is 0 Å². The Morgan fingerprint density at radius 1 is 0.800 bits per heavy atom. The Kier molecular flexibility index (Phi) is 22.6. The molecular formula is C26H57NO6PS+. The van der Waals surface area contributed by atoms with Crippen LogP contribution in [0, 0.1) is 5.92 Å². The average molecular weight is 543 g/mol. The number of ether oxygens (including phenoxy) is 1. The minimum absolute atomic E-state index is 0.0844. The molecule has 9 heteroatoms. The summed E-state index contributed by atoms with van der Waals surface area (Å²) in [6.07, 6.45) is 18.6. The van der Waals surface area contributed by atoms with Crippen molar-refractivity contribution < 1.29 is 32.8 Å². The molecule has 3 atom stereocenters. The molecule has 0 radical (unpaired) electrons. The van der Waals surface area contributed by atoms with Gasteiger partial charge in [0.2, 0.25) is 0 Å². The van der Waals surface area contributed by atoms with Crippen molar-refractivity contribution in [2.24, 2.45) is 5.92 Å². The molecule has 0 aromatic rings. The third-order valence-electron chi connectivity index (χ3n) is 6.04. The van der Waals surface area contributed by atoms with E-state index < -0.39 is 13.3 Å². The molecule has 0 bridgehead atoms. The van der Waals surface area contributed by atoms with Gasteiger partial charge in [0.05, 0.1) is 34.4 Å². The largest absolute Gasteiger partial charge is 0.472 e. The van der Waals surface area contributed by atoms with Gasteiger partial charge < -0.3 is 19.2 Å². The van der Waals surface area contributed by atoms with Crippen molar-refractivity contribution in [2.75, 3.05) is 60.4 Å². The van der Waals surface area contributed by atoms with Crippen LogP contribution in [0.25, 0.3) is 0 Å². The van der Waals surface area contributed by atoms with Crippen molar-refractivity contribution in [2.45, 2.75) is 102 Å². The van der Waals surface area contributed by atoms with Crippen molar-refractivity contribution in [3.05, 3.63) is 0 Å². The summed E-state index contributed by atoms with van der Waals surface area (Å²) in [6, 6.07) is 0. The Morgan fingerprint density at radius 3 is 1.74 bits per heavy atom. The van der Waals surface area contributed by atoms with Crippen molar-refractivity contribution in [3.8, 4) is 0 Å². The SMILES string of the molecule is CCCCCCCCCCCCCCCCSC(O)C(COC)COP(=O)(O)OCC[N+](C)(C)C. The Hall–Kier alpha value is 0.340. The van der Waals surface area contributed by atoms with Crippen LogP contribution in [-0.4, -0.2) is 80.3 Å².